The number of nitrogen functional groups attached to an aromatic ring is 1. The molecule has 4 rings (SSSR count). The monoisotopic (exact) mass is 505 g/mol. The number of hydrogen-bond donors (Lipinski definition) is 2. The lowest BCUT2D eigenvalue weighted by molar-refractivity contribution is -0.140. The van der Waals surface area contributed by atoms with Crippen molar-refractivity contribution >= 4 is 41.4 Å². The summed E-state index contributed by atoms with van der Waals surface area (Å²) in [6, 6.07) is 24.4. The SMILES string of the molecule is COC(=O)CCc1ccc(C2=C(OCc3ccccc3)CN(c3ccc(C(=N)N)cc3)C2=O)cc1.Cl. The van der Waals surface area contributed by atoms with Gasteiger partial charge in [0.2, 0.25) is 0 Å². The summed E-state index contributed by atoms with van der Waals surface area (Å²) in [5, 5.41) is 7.59. The van der Waals surface area contributed by atoms with E-state index in [1.54, 1.807) is 29.2 Å². The Hall–Kier alpha value is -4.10. The number of amidine groups is 1. The fourth-order valence-electron chi connectivity index (χ4n) is 3.91. The van der Waals surface area contributed by atoms with E-state index in [0.717, 1.165) is 16.7 Å². The Morgan fingerprint density at radius 3 is 2.25 bits per heavy atom. The molecule has 3 N–H and O–H groups in total. The highest BCUT2D eigenvalue weighted by Crippen LogP contribution is 2.33. The van der Waals surface area contributed by atoms with Crippen LogP contribution in [0.3, 0.4) is 0 Å². The Morgan fingerprint density at radius 2 is 1.64 bits per heavy atom. The van der Waals surface area contributed by atoms with Crippen LogP contribution >= 0.6 is 12.4 Å². The van der Waals surface area contributed by atoms with E-state index in [9.17, 15) is 9.59 Å². The maximum atomic E-state index is 13.5. The van der Waals surface area contributed by atoms with Crippen LogP contribution in [0.5, 0.6) is 0 Å². The van der Waals surface area contributed by atoms with Crippen molar-refractivity contribution in [2.45, 2.75) is 19.4 Å². The highest BCUT2D eigenvalue weighted by molar-refractivity contribution is 6.29. The summed E-state index contributed by atoms with van der Waals surface area (Å²) in [4.78, 5) is 26.7. The molecule has 36 heavy (non-hydrogen) atoms. The van der Waals surface area contributed by atoms with Crippen molar-refractivity contribution in [3.05, 3.63) is 107 Å². The second kappa shape index (κ2) is 12.0. The smallest absolute Gasteiger partial charge is 0.305 e. The van der Waals surface area contributed by atoms with Gasteiger partial charge in [-0.1, -0.05) is 54.6 Å². The first kappa shape index (κ1) is 26.5. The summed E-state index contributed by atoms with van der Waals surface area (Å²) in [6.45, 7) is 0.645. The van der Waals surface area contributed by atoms with E-state index in [2.05, 4.69) is 0 Å². The standard InChI is InChI=1S/C28H27N3O4.ClH/c1-34-25(32)16-9-19-7-10-21(11-8-19)26-24(35-18-20-5-3-2-4-6-20)17-31(28(26)33)23-14-12-22(13-15-23)27(29)30;/h2-8,10-15H,9,16-18H2,1H3,(H3,29,30);1H. The quantitative estimate of drug-likeness (QED) is 0.253. The molecule has 0 atom stereocenters. The van der Waals surface area contributed by atoms with Crippen molar-refractivity contribution in [1.29, 1.82) is 5.41 Å². The summed E-state index contributed by atoms with van der Waals surface area (Å²) >= 11 is 0. The van der Waals surface area contributed by atoms with Gasteiger partial charge in [0.1, 0.15) is 18.2 Å². The van der Waals surface area contributed by atoms with Crippen LogP contribution in [-0.4, -0.2) is 31.4 Å². The number of methoxy groups -OCH3 is 1. The number of amides is 1. The first-order valence-electron chi connectivity index (χ1n) is 11.3. The van der Waals surface area contributed by atoms with Crippen LogP contribution in [0.15, 0.2) is 84.6 Å². The maximum absolute atomic E-state index is 13.5. The second-order valence-electron chi connectivity index (χ2n) is 8.20. The molecule has 0 aromatic heterocycles. The van der Waals surface area contributed by atoms with Crippen molar-refractivity contribution in [3.63, 3.8) is 0 Å². The van der Waals surface area contributed by atoms with E-state index < -0.39 is 0 Å². The molecule has 8 heteroatoms. The van der Waals surface area contributed by atoms with Crippen molar-refractivity contribution < 1.29 is 19.1 Å². The molecular weight excluding hydrogens is 478 g/mol. The molecule has 0 aliphatic carbocycles. The Bertz CT molecular complexity index is 1260. The molecule has 186 valence electrons. The van der Waals surface area contributed by atoms with Crippen LogP contribution in [0.25, 0.3) is 5.57 Å². The van der Waals surface area contributed by atoms with E-state index in [-0.39, 0.29) is 30.1 Å². The molecule has 0 saturated carbocycles. The molecule has 0 saturated heterocycles. The minimum Gasteiger partial charge on any atom is -0.490 e. The van der Waals surface area contributed by atoms with E-state index in [1.807, 2.05) is 54.6 Å². The fourth-order valence-corrected chi connectivity index (χ4v) is 3.91. The minimum absolute atomic E-state index is 0. The first-order valence-corrected chi connectivity index (χ1v) is 11.3. The number of nitrogens with two attached hydrogens (primary N) is 1. The highest BCUT2D eigenvalue weighted by Gasteiger charge is 2.33. The maximum Gasteiger partial charge on any atom is 0.305 e. The molecule has 1 aliphatic heterocycles. The third kappa shape index (κ3) is 6.12. The van der Waals surface area contributed by atoms with Gasteiger partial charge in [-0.2, -0.15) is 0 Å². The molecule has 0 fully saturated rings. The van der Waals surface area contributed by atoms with Gasteiger partial charge >= 0.3 is 5.97 Å². The van der Waals surface area contributed by atoms with Gasteiger partial charge in [0, 0.05) is 17.7 Å². The van der Waals surface area contributed by atoms with Crippen molar-refractivity contribution in [2.75, 3.05) is 18.6 Å². The van der Waals surface area contributed by atoms with Crippen LogP contribution in [-0.2, 0) is 32.1 Å². The van der Waals surface area contributed by atoms with Crippen molar-refractivity contribution in [3.8, 4) is 0 Å². The summed E-state index contributed by atoms with van der Waals surface area (Å²) in [5.41, 5.74) is 10.1. The molecule has 1 amide bonds. The number of aryl methyl sites for hydroxylation is 1. The van der Waals surface area contributed by atoms with Gasteiger partial charge in [-0.05, 0) is 47.4 Å². The van der Waals surface area contributed by atoms with E-state index in [0.29, 0.717) is 48.6 Å². The molecule has 7 nitrogen and oxygen atoms in total. The van der Waals surface area contributed by atoms with Crippen LogP contribution in [0.2, 0.25) is 0 Å². The fraction of sp³-hybridized carbons (Fsp3) is 0.179. The normalized spacial score (nSPS) is 12.8. The van der Waals surface area contributed by atoms with Crippen molar-refractivity contribution in [2.24, 2.45) is 5.73 Å². The van der Waals surface area contributed by atoms with Gasteiger partial charge in [-0.3, -0.25) is 15.0 Å². The summed E-state index contributed by atoms with van der Waals surface area (Å²) in [7, 11) is 1.37. The molecule has 3 aromatic rings. The van der Waals surface area contributed by atoms with Crippen LogP contribution in [0.4, 0.5) is 5.69 Å². The first-order chi connectivity index (χ1) is 17.0. The average Bonchev–Trinajstić information content (AvgIpc) is 3.22. The largest absolute Gasteiger partial charge is 0.490 e. The Morgan fingerprint density at radius 1 is 0.972 bits per heavy atom. The predicted octanol–water partition coefficient (Wildman–Crippen LogP) is 4.47. The zero-order valence-corrected chi connectivity index (χ0v) is 20.7. The Labute approximate surface area is 216 Å². The molecule has 1 aliphatic rings. The summed E-state index contributed by atoms with van der Waals surface area (Å²) in [5.74, 6) is 0.149. The zero-order valence-electron chi connectivity index (χ0n) is 19.9. The van der Waals surface area contributed by atoms with E-state index >= 15 is 0 Å². The number of hydrogen-bond acceptors (Lipinski definition) is 5. The van der Waals surface area contributed by atoms with Crippen LogP contribution < -0.4 is 10.6 Å². The summed E-state index contributed by atoms with van der Waals surface area (Å²) < 4.78 is 10.9. The number of benzene rings is 3. The van der Waals surface area contributed by atoms with Gasteiger partial charge in [0.25, 0.3) is 5.91 Å². The third-order valence-corrected chi connectivity index (χ3v) is 5.87. The lowest BCUT2D eigenvalue weighted by atomic mass is 10.0. The number of halogens is 1. The second-order valence-corrected chi connectivity index (χ2v) is 8.20. The van der Waals surface area contributed by atoms with Crippen LogP contribution in [0, 0.1) is 5.41 Å². The number of nitrogens with zero attached hydrogens (tertiary/aromatic N) is 1. The topological polar surface area (TPSA) is 106 Å². The number of carbonyl (C=O) groups is 2. The number of carbonyl (C=O) groups excluding carboxylic acids is 2. The number of anilines is 1. The van der Waals surface area contributed by atoms with Gasteiger partial charge in [0.15, 0.2) is 0 Å². The van der Waals surface area contributed by atoms with E-state index in [1.165, 1.54) is 7.11 Å². The number of nitrogens with one attached hydrogen (secondary N) is 1. The Kier molecular flexibility index (Phi) is 8.86. The molecule has 0 unspecified atom stereocenters. The predicted molar refractivity (Wildman–Crippen MR) is 142 cm³/mol. The minimum atomic E-state index is -0.259. The third-order valence-electron chi connectivity index (χ3n) is 5.87. The van der Waals surface area contributed by atoms with E-state index in [4.69, 9.17) is 20.6 Å². The van der Waals surface area contributed by atoms with Gasteiger partial charge in [-0.15, -0.1) is 12.4 Å². The average molecular weight is 506 g/mol. The number of esters is 1. The number of rotatable bonds is 9. The lowest BCUT2D eigenvalue weighted by Crippen LogP contribution is -2.26. The Balaban J connectivity index is 0.00000361. The molecule has 0 bridgehead atoms. The molecule has 0 spiro atoms. The zero-order chi connectivity index (χ0) is 24.8. The molecule has 3 aromatic carbocycles. The molecule has 1 heterocycles. The number of ether oxygens (including phenoxy) is 2. The lowest BCUT2D eigenvalue weighted by Gasteiger charge is -2.17. The van der Waals surface area contributed by atoms with Crippen molar-refractivity contribution in [1.82, 2.24) is 0 Å². The highest BCUT2D eigenvalue weighted by atomic mass is 35.5. The van der Waals surface area contributed by atoms with Gasteiger partial charge in [0.05, 0.1) is 19.2 Å². The summed E-state index contributed by atoms with van der Waals surface area (Å²) in [6.07, 6.45) is 0.860. The molecule has 0 radical (unpaired) electrons. The molecular formula is C28H28ClN3O4. The van der Waals surface area contributed by atoms with Crippen LogP contribution in [0.1, 0.15) is 28.7 Å². The van der Waals surface area contributed by atoms with Gasteiger partial charge < -0.3 is 20.1 Å². The van der Waals surface area contributed by atoms with Gasteiger partial charge in [-0.25, -0.2) is 0 Å².